The van der Waals surface area contributed by atoms with Gasteiger partial charge in [0.15, 0.2) is 5.82 Å². The summed E-state index contributed by atoms with van der Waals surface area (Å²) >= 11 is 1.74. The van der Waals surface area contributed by atoms with Crippen molar-refractivity contribution in [1.82, 2.24) is 19.9 Å². The van der Waals surface area contributed by atoms with Gasteiger partial charge in [0.25, 0.3) is 0 Å². The zero-order chi connectivity index (χ0) is 17.1. The van der Waals surface area contributed by atoms with E-state index in [-0.39, 0.29) is 0 Å². The van der Waals surface area contributed by atoms with Crippen LogP contribution in [-0.4, -0.2) is 33.5 Å². The van der Waals surface area contributed by atoms with Crippen LogP contribution in [0.3, 0.4) is 0 Å². The van der Waals surface area contributed by atoms with Crippen LogP contribution in [0.25, 0.3) is 11.4 Å². The quantitative estimate of drug-likeness (QED) is 0.696. The lowest BCUT2D eigenvalue weighted by Crippen LogP contribution is -2.22. The molecule has 1 saturated heterocycles. The number of thiazole rings is 1. The minimum absolute atomic E-state index is 0.432. The van der Waals surface area contributed by atoms with Gasteiger partial charge < -0.3 is 4.74 Å². The molecule has 25 heavy (non-hydrogen) atoms. The fourth-order valence-corrected chi connectivity index (χ4v) is 4.06. The summed E-state index contributed by atoms with van der Waals surface area (Å²) in [4.78, 5) is 16.1. The topological polar surface area (TPSA) is 51.1 Å². The Morgan fingerprint density at radius 2 is 1.96 bits per heavy atom. The average Bonchev–Trinajstić information content (AvgIpc) is 3.34. The Morgan fingerprint density at radius 3 is 2.64 bits per heavy atom. The zero-order valence-corrected chi connectivity index (χ0v) is 14.9. The molecule has 0 amide bonds. The number of ether oxygens (including phenoxy) is 1. The molecule has 0 N–H and O–H groups in total. The van der Waals surface area contributed by atoms with E-state index in [4.69, 9.17) is 4.74 Å². The van der Waals surface area contributed by atoms with Crippen LogP contribution in [0.1, 0.15) is 29.5 Å². The molecule has 1 atom stereocenters. The summed E-state index contributed by atoms with van der Waals surface area (Å²) in [5, 5.41) is 3.27. The Morgan fingerprint density at radius 1 is 1.16 bits per heavy atom. The normalized spacial score (nSPS) is 17.7. The van der Waals surface area contributed by atoms with E-state index in [1.165, 1.54) is 17.8 Å². The first-order valence-corrected chi connectivity index (χ1v) is 9.30. The van der Waals surface area contributed by atoms with E-state index in [0.717, 1.165) is 35.8 Å². The van der Waals surface area contributed by atoms with Gasteiger partial charge in [0.05, 0.1) is 13.2 Å². The predicted molar refractivity (Wildman–Crippen MR) is 98.5 cm³/mol. The maximum Gasteiger partial charge on any atom is 0.159 e. The number of benzene rings is 1. The van der Waals surface area contributed by atoms with Crippen molar-refractivity contribution in [2.45, 2.75) is 25.4 Å². The molecule has 1 aliphatic heterocycles. The fraction of sp³-hybridized carbons (Fsp3) is 0.316. The van der Waals surface area contributed by atoms with E-state index in [2.05, 4.69) is 25.2 Å². The van der Waals surface area contributed by atoms with Gasteiger partial charge in [-0.3, -0.25) is 4.90 Å². The van der Waals surface area contributed by atoms with Crippen LogP contribution in [0.15, 0.2) is 48.2 Å². The first kappa shape index (κ1) is 16.2. The molecule has 0 radical (unpaired) electrons. The van der Waals surface area contributed by atoms with Crippen LogP contribution in [-0.2, 0) is 6.54 Å². The van der Waals surface area contributed by atoms with Gasteiger partial charge in [-0.2, -0.15) is 0 Å². The highest BCUT2D eigenvalue weighted by Crippen LogP contribution is 2.34. The third kappa shape index (κ3) is 3.55. The Labute approximate surface area is 151 Å². The number of methoxy groups -OCH3 is 1. The smallest absolute Gasteiger partial charge is 0.159 e. The highest BCUT2D eigenvalue weighted by molar-refractivity contribution is 7.09. The van der Waals surface area contributed by atoms with E-state index in [0.29, 0.717) is 6.04 Å². The molecular weight excluding hydrogens is 332 g/mol. The van der Waals surface area contributed by atoms with Crippen LogP contribution in [0, 0.1) is 0 Å². The minimum Gasteiger partial charge on any atom is -0.497 e. The predicted octanol–water partition coefficient (Wildman–Crippen LogP) is 3.95. The number of hydrogen-bond acceptors (Lipinski definition) is 6. The van der Waals surface area contributed by atoms with E-state index < -0.39 is 0 Å². The van der Waals surface area contributed by atoms with Crippen LogP contribution in [0.4, 0.5) is 0 Å². The second-order valence-electron chi connectivity index (χ2n) is 6.14. The van der Waals surface area contributed by atoms with Crippen molar-refractivity contribution >= 4 is 11.3 Å². The van der Waals surface area contributed by atoms with Gasteiger partial charge in [0.1, 0.15) is 10.8 Å². The number of likely N-dealkylation sites (tertiary alicyclic amines) is 1. The number of nitrogens with zero attached hydrogens (tertiary/aromatic N) is 4. The number of aromatic nitrogens is 3. The molecule has 2 aromatic heterocycles. The van der Waals surface area contributed by atoms with Gasteiger partial charge >= 0.3 is 0 Å². The first-order valence-electron chi connectivity index (χ1n) is 8.42. The van der Waals surface area contributed by atoms with Gasteiger partial charge in [-0.1, -0.05) is 0 Å². The molecule has 128 valence electrons. The van der Waals surface area contributed by atoms with Gasteiger partial charge in [-0.15, -0.1) is 11.3 Å². The van der Waals surface area contributed by atoms with Crippen molar-refractivity contribution in [2.75, 3.05) is 13.7 Å². The lowest BCUT2D eigenvalue weighted by atomic mass is 10.2. The van der Waals surface area contributed by atoms with Crippen molar-refractivity contribution in [3.05, 3.63) is 58.8 Å². The first-order chi connectivity index (χ1) is 12.3. The molecule has 0 aliphatic carbocycles. The summed E-state index contributed by atoms with van der Waals surface area (Å²) in [7, 11) is 1.66. The van der Waals surface area contributed by atoms with Crippen molar-refractivity contribution in [3.8, 4) is 17.1 Å². The van der Waals surface area contributed by atoms with Gasteiger partial charge in [-0.25, -0.2) is 15.0 Å². The van der Waals surface area contributed by atoms with Crippen LogP contribution < -0.4 is 4.74 Å². The summed E-state index contributed by atoms with van der Waals surface area (Å²) in [6, 6.07) is 8.24. The zero-order valence-electron chi connectivity index (χ0n) is 14.1. The number of hydrogen-bond donors (Lipinski definition) is 0. The third-order valence-electron chi connectivity index (χ3n) is 4.54. The third-order valence-corrected chi connectivity index (χ3v) is 5.42. The van der Waals surface area contributed by atoms with E-state index in [1.807, 2.05) is 42.9 Å². The van der Waals surface area contributed by atoms with Crippen molar-refractivity contribution < 1.29 is 4.74 Å². The molecule has 0 saturated carbocycles. The second-order valence-corrected chi connectivity index (χ2v) is 7.07. The van der Waals surface area contributed by atoms with Gasteiger partial charge in [0.2, 0.25) is 0 Å². The van der Waals surface area contributed by atoms with Crippen molar-refractivity contribution in [1.29, 1.82) is 0 Å². The monoisotopic (exact) mass is 352 g/mol. The summed E-state index contributed by atoms with van der Waals surface area (Å²) in [6.45, 7) is 1.97. The van der Waals surface area contributed by atoms with E-state index >= 15 is 0 Å². The molecule has 4 rings (SSSR count). The van der Waals surface area contributed by atoms with Crippen molar-refractivity contribution in [3.63, 3.8) is 0 Å². The summed E-state index contributed by atoms with van der Waals surface area (Å²) in [5.74, 6) is 1.58. The SMILES string of the molecule is COc1ccc(-c2ncc(CN3CCC[C@H]3c3nccs3)cn2)cc1. The Kier molecular flexibility index (Phi) is 4.72. The highest BCUT2D eigenvalue weighted by Gasteiger charge is 2.27. The Balaban J connectivity index is 1.46. The average molecular weight is 352 g/mol. The minimum atomic E-state index is 0.432. The fourth-order valence-electron chi connectivity index (χ4n) is 3.25. The summed E-state index contributed by atoms with van der Waals surface area (Å²) in [6.07, 6.45) is 8.16. The molecular formula is C19H20N4OS. The lowest BCUT2D eigenvalue weighted by molar-refractivity contribution is 0.247. The summed E-state index contributed by atoms with van der Waals surface area (Å²) in [5.41, 5.74) is 2.13. The van der Waals surface area contributed by atoms with Crippen LogP contribution in [0.2, 0.25) is 0 Å². The standard InChI is InChI=1S/C19H20N4OS/c1-24-16-6-4-15(5-7-16)18-21-11-14(12-22-18)13-23-9-2-3-17(23)19-20-8-10-25-19/h4-8,10-12,17H,2-3,9,13H2,1H3/t17-/m0/s1. The van der Waals surface area contributed by atoms with E-state index in [9.17, 15) is 0 Å². The molecule has 3 aromatic rings. The van der Waals surface area contributed by atoms with Gasteiger partial charge in [0, 0.05) is 41.6 Å². The molecule has 0 spiro atoms. The molecule has 1 aliphatic rings. The molecule has 3 heterocycles. The second kappa shape index (κ2) is 7.29. The molecule has 1 aromatic carbocycles. The lowest BCUT2D eigenvalue weighted by Gasteiger charge is -2.22. The molecule has 1 fully saturated rings. The molecule has 0 unspecified atom stereocenters. The number of rotatable bonds is 5. The summed E-state index contributed by atoms with van der Waals surface area (Å²) < 4.78 is 5.19. The largest absolute Gasteiger partial charge is 0.497 e. The Bertz CT molecular complexity index is 802. The highest BCUT2D eigenvalue weighted by atomic mass is 32.1. The maximum absolute atomic E-state index is 5.19. The van der Waals surface area contributed by atoms with Crippen LogP contribution in [0.5, 0.6) is 5.75 Å². The van der Waals surface area contributed by atoms with E-state index in [1.54, 1.807) is 18.4 Å². The van der Waals surface area contributed by atoms with Crippen molar-refractivity contribution in [2.24, 2.45) is 0 Å². The molecule has 0 bridgehead atoms. The van der Waals surface area contributed by atoms with Crippen LogP contribution >= 0.6 is 11.3 Å². The Hall–Kier alpha value is -2.31. The molecule has 6 heteroatoms. The van der Waals surface area contributed by atoms with Gasteiger partial charge in [-0.05, 0) is 43.7 Å². The molecule has 5 nitrogen and oxygen atoms in total. The maximum atomic E-state index is 5.19.